The van der Waals surface area contributed by atoms with Gasteiger partial charge in [0.1, 0.15) is 18.8 Å². The number of carboxylic acids is 1. The fourth-order valence-corrected chi connectivity index (χ4v) is 2.52. The molecule has 0 radical (unpaired) electrons. The van der Waals surface area contributed by atoms with Gasteiger partial charge in [0.25, 0.3) is 0 Å². The summed E-state index contributed by atoms with van der Waals surface area (Å²) in [6.45, 7) is 4.17. The molecule has 1 atom stereocenters. The standard InChI is InChI=1S/C15H18BrNO5/c1-3-15(2,14(19)20)17-13(18)7-9-6-11-12(8-10(9)16)22-5-4-21-11/h6,8H,3-5,7H2,1-2H3,(H,17,18)(H,19,20). The van der Waals surface area contributed by atoms with Crippen LogP contribution in [-0.4, -0.2) is 35.7 Å². The molecule has 0 aromatic heterocycles. The van der Waals surface area contributed by atoms with Gasteiger partial charge in [-0.1, -0.05) is 22.9 Å². The van der Waals surface area contributed by atoms with Gasteiger partial charge in [-0.15, -0.1) is 0 Å². The number of fused-ring (bicyclic) bond motifs is 1. The molecule has 7 heteroatoms. The van der Waals surface area contributed by atoms with Crippen molar-refractivity contribution in [3.8, 4) is 11.5 Å². The Morgan fingerprint density at radius 2 is 1.91 bits per heavy atom. The molecule has 0 saturated heterocycles. The summed E-state index contributed by atoms with van der Waals surface area (Å²) in [7, 11) is 0. The predicted octanol–water partition coefficient (Wildman–Crippen LogP) is 2.13. The third kappa shape index (κ3) is 3.52. The van der Waals surface area contributed by atoms with Gasteiger partial charge >= 0.3 is 5.97 Å². The van der Waals surface area contributed by atoms with Gasteiger partial charge in [-0.3, -0.25) is 4.79 Å². The van der Waals surface area contributed by atoms with Gasteiger partial charge in [-0.25, -0.2) is 4.79 Å². The first-order valence-corrected chi connectivity index (χ1v) is 7.77. The van der Waals surface area contributed by atoms with E-state index in [1.807, 2.05) is 0 Å². The van der Waals surface area contributed by atoms with E-state index in [2.05, 4.69) is 21.2 Å². The Hall–Kier alpha value is -1.76. The molecule has 1 aromatic carbocycles. The molecule has 1 aliphatic rings. The average molecular weight is 372 g/mol. The van der Waals surface area contributed by atoms with Gasteiger partial charge in [0.15, 0.2) is 11.5 Å². The molecule has 120 valence electrons. The van der Waals surface area contributed by atoms with Crippen molar-refractivity contribution in [3.05, 3.63) is 22.2 Å². The largest absolute Gasteiger partial charge is 0.486 e. The number of hydrogen-bond acceptors (Lipinski definition) is 4. The number of amides is 1. The minimum atomic E-state index is -1.27. The van der Waals surface area contributed by atoms with E-state index in [4.69, 9.17) is 9.47 Å². The van der Waals surface area contributed by atoms with Gasteiger partial charge in [0.2, 0.25) is 5.91 Å². The highest BCUT2D eigenvalue weighted by Crippen LogP contribution is 2.35. The molecule has 1 heterocycles. The summed E-state index contributed by atoms with van der Waals surface area (Å²) in [4.78, 5) is 23.4. The molecular formula is C15H18BrNO5. The van der Waals surface area contributed by atoms with Gasteiger partial charge < -0.3 is 19.9 Å². The van der Waals surface area contributed by atoms with Crippen LogP contribution in [0.15, 0.2) is 16.6 Å². The highest BCUT2D eigenvalue weighted by Gasteiger charge is 2.32. The molecule has 1 aromatic rings. The van der Waals surface area contributed by atoms with Crippen molar-refractivity contribution in [2.75, 3.05) is 13.2 Å². The van der Waals surface area contributed by atoms with E-state index in [1.54, 1.807) is 19.1 Å². The van der Waals surface area contributed by atoms with Crippen molar-refractivity contribution in [1.82, 2.24) is 5.32 Å². The number of ether oxygens (including phenoxy) is 2. The summed E-state index contributed by atoms with van der Waals surface area (Å²) < 4.78 is 11.7. The van der Waals surface area contributed by atoms with E-state index in [1.165, 1.54) is 6.92 Å². The Kier molecular flexibility index (Phi) is 4.95. The van der Waals surface area contributed by atoms with Crippen LogP contribution in [-0.2, 0) is 16.0 Å². The highest BCUT2D eigenvalue weighted by atomic mass is 79.9. The van der Waals surface area contributed by atoms with Crippen LogP contribution in [0.3, 0.4) is 0 Å². The minimum absolute atomic E-state index is 0.0556. The first kappa shape index (κ1) is 16.6. The van der Waals surface area contributed by atoms with Crippen LogP contribution in [0.4, 0.5) is 0 Å². The Balaban J connectivity index is 2.13. The number of hydrogen-bond donors (Lipinski definition) is 2. The summed E-state index contributed by atoms with van der Waals surface area (Å²) in [5, 5.41) is 11.8. The second-order valence-corrected chi connectivity index (χ2v) is 6.16. The topological polar surface area (TPSA) is 84.9 Å². The van der Waals surface area contributed by atoms with Crippen LogP contribution in [0.2, 0.25) is 0 Å². The Labute approximate surface area is 136 Å². The molecule has 0 saturated carbocycles. The molecular weight excluding hydrogens is 354 g/mol. The zero-order valence-corrected chi connectivity index (χ0v) is 14.0. The number of rotatable bonds is 5. The summed E-state index contributed by atoms with van der Waals surface area (Å²) >= 11 is 3.40. The number of carboxylic acid groups (broad SMARTS) is 1. The fraction of sp³-hybridized carbons (Fsp3) is 0.467. The van der Waals surface area contributed by atoms with E-state index < -0.39 is 11.5 Å². The summed E-state index contributed by atoms with van der Waals surface area (Å²) in [5.74, 6) is -0.186. The van der Waals surface area contributed by atoms with E-state index in [0.717, 1.165) is 4.47 Å². The Morgan fingerprint density at radius 1 is 1.32 bits per heavy atom. The van der Waals surface area contributed by atoms with Crippen LogP contribution in [0, 0.1) is 0 Å². The van der Waals surface area contributed by atoms with E-state index in [9.17, 15) is 14.7 Å². The van der Waals surface area contributed by atoms with Gasteiger partial charge in [0, 0.05) is 4.47 Å². The average Bonchev–Trinajstić information content (AvgIpc) is 2.47. The van der Waals surface area contributed by atoms with Crippen molar-refractivity contribution in [2.45, 2.75) is 32.2 Å². The lowest BCUT2D eigenvalue weighted by Gasteiger charge is -2.25. The van der Waals surface area contributed by atoms with Crippen LogP contribution in [0.5, 0.6) is 11.5 Å². The maximum atomic E-state index is 12.1. The molecule has 6 nitrogen and oxygen atoms in total. The number of carbonyl (C=O) groups excluding carboxylic acids is 1. The molecule has 1 unspecified atom stereocenters. The van der Waals surface area contributed by atoms with E-state index in [0.29, 0.717) is 36.7 Å². The van der Waals surface area contributed by atoms with E-state index in [-0.39, 0.29) is 12.3 Å². The smallest absolute Gasteiger partial charge is 0.329 e. The van der Waals surface area contributed by atoms with Crippen molar-refractivity contribution in [3.63, 3.8) is 0 Å². The molecule has 2 rings (SSSR count). The third-order valence-electron chi connectivity index (χ3n) is 3.66. The second kappa shape index (κ2) is 6.56. The molecule has 1 aliphatic heterocycles. The Morgan fingerprint density at radius 3 is 2.45 bits per heavy atom. The number of benzene rings is 1. The number of nitrogens with one attached hydrogen (secondary N) is 1. The molecule has 0 fully saturated rings. The zero-order valence-electron chi connectivity index (χ0n) is 12.4. The second-order valence-electron chi connectivity index (χ2n) is 5.30. The van der Waals surface area contributed by atoms with Crippen LogP contribution in [0.25, 0.3) is 0 Å². The number of carbonyl (C=O) groups is 2. The lowest BCUT2D eigenvalue weighted by molar-refractivity contribution is -0.146. The third-order valence-corrected chi connectivity index (χ3v) is 4.39. The maximum Gasteiger partial charge on any atom is 0.329 e. The summed E-state index contributed by atoms with van der Waals surface area (Å²) in [5.41, 5.74) is -0.553. The number of halogens is 1. The zero-order chi connectivity index (χ0) is 16.3. The Bertz CT molecular complexity index is 604. The first-order valence-electron chi connectivity index (χ1n) is 6.98. The predicted molar refractivity (Wildman–Crippen MR) is 83.3 cm³/mol. The minimum Gasteiger partial charge on any atom is -0.486 e. The van der Waals surface area contributed by atoms with Crippen molar-refractivity contribution < 1.29 is 24.2 Å². The van der Waals surface area contributed by atoms with Crippen molar-refractivity contribution in [1.29, 1.82) is 0 Å². The molecule has 22 heavy (non-hydrogen) atoms. The monoisotopic (exact) mass is 371 g/mol. The fourth-order valence-electron chi connectivity index (χ4n) is 2.06. The molecule has 0 spiro atoms. The normalized spacial score (nSPS) is 15.8. The quantitative estimate of drug-likeness (QED) is 0.827. The van der Waals surface area contributed by atoms with E-state index >= 15 is 0 Å². The van der Waals surface area contributed by atoms with Crippen LogP contribution < -0.4 is 14.8 Å². The molecule has 2 N–H and O–H groups in total. The summed E-state index contributed by atoms with van der Waals surface area (Å²) in [6.07, 6.45) is 0.358. The molecule has 0 aliphatic carbocycles. The van der Waals surface area contributed by atoms with Gasteiger partial charge in [0.05, 0.1) is 6.42 Å². The lowest BCUT2D eigenvalue weighted by atomic mass is 9.98. The van der Waals surface area contributed by atoms with Crippen LogP contribution >= 0.6 is 15.9 Å². The first-order chi connectivity index (χ1) is 10.4. The number of aliphatic carboxylic acids is 1. The maximum absolute atomic E-state index is 12.1. The lowest BCUT2D eigenvalue weighted by Crippen LogP contribution is -2.52. The van der Waals surface area contributed by atoms with Gasteiger partial charge in [-0.05, 0) is 31.0 Å². The molecule has 0 bridgehead atoms. The molecule has 1 amide bonds. The van der Waals surface area contributed by atoms with Crippen molar-refractivity contribution in [2.24, 2.45) is 0 Å². The SMILES string of the molecule is CCC(C)(NC(=O)Cc1cc2c(cc1Br)OCCO2)C(=O)O. The van der Waals surface area contributed by atoms with Gasteiger partial charge in [-0.2, -0.15) is 0 Å². The highest BCUT2D eigenvalue weighted by molar-refractivity contribution is 9.10. The summed E-state index contributed by atoms with van der Waals surface area (Å²) in [6, 6.07) is 3.50. The van der Waals surface area contributed by atoms with Crippen LogP contribution in [0.1, 0.15) is 25.8 Å². The van der Waals surface area contributed by atoms with Crippen molar-refractivity contribution >= 4 is 27.8 Å².